The van der Waals surface area contributed by atoms with Crippen LogP contribution in [0.2, 0.25) is 0 Å². The van der Waals surface area contributed by atoms with Gasteiger partial charge in [-0.25, -0.2) is 14.5 Å². The maximum Gasteiger partial charge on any atom is 0.266 e. The Hall–Kier alpha value is -3.26. The van der Waals surface area contributed by atoms with Crippen LogP contribution in [0.25, 0.3) is 17.0 Å². The molecule has 0 unspecified atom stereocenters. The average Bonchev–Trinajstić information content (AvgIpc) is 3.12. The van der Waals surface area contributed by atoms with E-state index in [2.05, 4.69) is 15.1 Å². The molecular weight excluding hydrogens is 376 g/mol. The normalized spacial score (nSPS) is 10.9. The van der Waals surface area contributed by atoms with Crippen LogP contribution in [0.1, 0.15) is 0 Å². The highest BCUT2D eigenvalue weighted by Crippen LogP contribution is 2.23. The molecule has 1 N–H and O–H groups in total. The van der Waals surface area contributed by atoms with E-state index in [1.165, 1.54) is 17.8 Å². The van der Waals surface area contributed by atoms with E-state index in [1.54, 1.807) is 11.6 Å². The van der Waals surface area contributed by atoms with Crippen molar-refractivity contribution in [2.75, 3.05) is 19.5 Å². The molecule has 0 aliphatic heterocycles. The fraction of sp³-hybridized carbons (Fsp3) is 0.150. The minimum absolute atomic E-state index is 0.219. The number of nitrogens with one attached hydrogen (secondary N) is 1. The lowest BCUT2D eigenvalue weighted by Crippen LogP contribution is -2.06. The number of methoxy groups -OCH3 is 1. The van der Waals surface area contributed by atoms with Crippen molar-refractivity contribution in [1.29, 1.82) is 0 Å². The zero-order valence-electron chi connectivity index (χ0n) is 15.2. The summed E-state index contributed by atoms with van der Waals surface area (Å²) < 4.78 is 12.5. The zero-order chi connectivity index (χ0) is 19.3. The first-order valence-corrected chi connectivity index (χ1v) is 9.66. The molecule has 2 aromatic carbocycles. The van der Waals surface area contributed by atoms with Crippen LogP contribution in [-0.4, -0.2) is 39.1 Å². The van der Waals surface area contributed by atoms with Crippen LogP contribution in [0.15, 0.2) is 70.6 Å². The van der Waals surface area contributed by atoms with Gasteiger partial charge in [0.05, 0.1) is 13.7 Å². The molecule has 4 rings (SSSR count). The van der Waals surface area contributed by atoms with E-state index in [4.69, 9.17) is 9.47 Å². The fourth-order valence-corrected chi connectivity index (χ4v) is 3.43. The Morgan fingerprint density at radius 2 is 1.82 bits per heavy atom. The molecule has 0 spiro atoms. The third-order valence-electron chi connectivity index (χ3n) is 4.00. The van der Waals surface area contributed by atoms with Crippen molar-refractivity contribution in [3.8, 4) is 22.9 Å². The van der Waals surface area contributed by atoms with E-state index >= 15 is 0 Å². The van der Waals surface area contributed by atoms with E-state index in [9.17, 15) is 4.79 Å². The second-order valence-corrected chi connectivity index (χ2v) is 6.94. The first-order chi connectivity index (χ1) is 13.7. The molecule has 0 radical (unpaired) electrons. The van der Waals surface area contributed by atoms with Crippen molar-refractivity contribution in [3.05, 3.63) is 71.0 Å². The van der Waals surface area contributed by atoms with Gasteiger partial charge in [-0.1, -0.05) is 30.0 Å². The first-order valence-electron chi connectivity index (χ1n) is 8.68. The Morgan fingerprint density at radius 1 is 1.04 bits per heavy atom. The third kappa shape index (κ3) is 4.01. The minimum Gasteiger partial charge on any atom is -0.497 e. The maximum absolute atomic E-state index is 11.8. The topological polar surface area (TPSA) is 81.5 Å². The van der Waals surface area contributed by atoms with Gasteiger partial charge in [0.1, 0.15) is 11.5 Å². The van der Waals surface area contributed by atoms with E-state index in [0.717, 1.165) is 17.1 Å². The Morgan fingerprint density at radius 3 is 2.57 bits per heavy atom. The molecule has 0 aliphatic rings. The minimum atomic E-state index is -0.219. The Balaban J connectivity index is 1.56. The van der Waals surface area contributed by atoms with E-state index in [-0.39, 0.29) is 5.56 Å². The van der Waals surface area contributed by atoms with Gasteiger partial charge in [0, 0.05) is 17.4 Å². The fourth-order valence-electron chi connectivity index (χ4n) is 2.66. The standard InChI is InChI=1S/C20H18N4O3S/c1-26-15-9-7-14(8-10-15)19-21-17-13-18(25)23-24(17)20(22-19)28-12-11-27-16-5-3-2-4-6-16/h2-10,13H,11-12H2,1H3,(H,23,25). The molecule has 4 aromatic rings. The molecular formula is C20H18N4O3S. The molecule has 0 atom stereocenters. The van der Waals surface area contributed by atoms with Crippen molar-refractivity contribution in [2.24, 2.45) is 0 Å². The Labute approximate surface area is 165 Å². The summed E-state index contributed by atoms with van der Waals surface area (Å²) in [7, 11) is 1.62. The zero-order valence-corrected chi connectivity index (χ0v) is 16.0. The molecule has 8 heteroatoms. The van der Waals surface area contributed by atoms with Crippen molar-refractivity contribution < 1.29 is 9.47 Å². The SMILES string of the molecule is COc1ccc(-c2nc(SCCOc3ccccc3)n3[nH]c(=O)cc3n2)cc1. The summed E-state index contributed by atoms with van der Waals surface area (Å²) in [4.78, 5) is 20.9. The Kier molecular flexibility index (Phi) is 5.29. The lowest BCUT2D eigenvalue weighted by molar-refractivity contribution is 0.344. The molecule has 2 heterocycles. The summed E-state index contributed by atoms with van der Waals surface area (Å²) in [6.07, 6.45) is 0. The van der Waals surface area contributed by atoms with E-state index in [1.807, 2.05) is 54.6 Å². The number of hydrogen-bond acceptors (Lipinski definition) is 6. The molecule has 2 aromatic heterocycles. The molecule has 0 bridgehead atoms. The summed E-state index contributed by atoms with van der Waals surface area (Å²) in [5.41, 5.74) is 1.15. The number of fused-ring (bicyclic) bond motifs is 1. The van der Waals surface area contributed by atoms with E-state index < -0.39 is 0 Å². The number of rotatable bonds is 7. The van der Waals surface area contributed by atoms with E-state index in [0.29, 0.717) is 29.0 Å². The van der Waals surface area contributed by atoms with Crippen molar-refractivity contribution in [2.45, 2.75) is 5.16 Å². The van der Waals surface area contributed by atoms with Crippen molar-refractivity contribution >= 4 is 17.4 Å². The molecule has 0 saturated carbocycles. The highest BCUT2D eigenvalue weighted by Gasteiger charge is 2.11. The number of aromatic nitrogens is 4. The van der Waals surface area contributed by atoms with Gasteiger partial charge < -0.3 is 9.47 Å². The number of H-pyrrole nitrogens is 1. The van der Waals surface area contributed by atoms with Crippen LogP contribution in [0, 0.1) is 0 Å². The molecule has 7 nitrogen and oxygen atoms in total. The number of aromatic amines is 1. The summed E-state index contributed by atoms with van der Waals surface area (Å²) in [5.74, 6) is 2.80. The molecule has 0 fully saturated rings. The summed E-state index contributed by atoms with van der Waals surface area (Å²) in [6.45, 7) is 0.517. The van der Waals surface area contributed by atoms with Crippen LogP contribution in [0.5, 0.6) is 11.5 Å². The summed E-state index contributed by atoms with van der Waals surface area (Å²) >= 11 is 1.49. The molecule has 0 aliphatic carbocycles. The molecule has 0 saturated heterocycles. The predicted molar refractivity (Wildman–Crippen MR) is 108 cm³/mol. The van der Waals surface area contributed by atoms with Crippen LogP contribution in [0.3, 0.4) is 0 Å². The average molecular weight is 394 g/mol. The Bertz CT molecular complexity index is 1120. The number of nitrogens with zero attached hydrogens (tertiary/aromatic N) is 3. The first kappa shape index (κ1) is 18.1. The highest BCUT2D eigenvalue weighted by atomic mass is 32.2. The summed E-state index contributed by atoms with van der Waals surface area (Å²) in [5, 5.41) is 3.38. The summed E-state index contributed by atoms with van der Waals surface area (Å²) in [6, 6.07) is 18.6. The molecule has 0 amide bonds. The lowest BCUT2D eigenvalue weighted by Gasteiger charge is -2.09. The van der Waals surface area contributed by atoms with Gasteiger partial charge in [-0.15, -0.1) is 0 Å². The monoisotopic (exact) mass is 394 g/mol. The van der Waals surface area contributed by atoms with Crippen LogP contribution >= 0.6 is 11.8 Å². The third-order valence-corrected chi connectivity index (χ3v) is 4.90. The number of benzene rings is 2. The van der Waals surface area contributed by atoms with Gasteiger partial charge in [0.25, 0.3) is 5.56 Å². The number of thioether (sulfide) groups is 1. The largest absolute Gasteiger partial charge is 0.497 e. The van der Waals surface area contributed by atoms with Gasteiger partial charge in [0.15, 0.2) is 16.6 Å². The predicted octanol–water partition coefficient (Wildman–Crippen LogP) is 3.26. The number of hydrogen-bond donors (Lipinski definition) is 1. The quantitative estimate of drug-likeness (QED) is 0.383. The van der Waals surface area contributed by atoms with Crippen LogP contribution < -0.4 is 15.0 Å². The van der Waals surface area contributed by atoms with Gasteiger partial charge in [-0.2, -0.15) is 0 Å². The lowest BCUT2D eigenvalue weighted by atomic mass is 10.2. The van der Waals surface area contributed by atoms with Crippen molar-refractivity contribution in [1.82, 2.24) is 19.6 Å². The number of para-hydroxylation sites is 1. The molecule has 28 heavy (non-hydrogen) atoms. The number of ether oxygens (including phenoxy) is 2. The van der Waals surface area contributed by atoms with Crippen LogP contribution in [0.4, 0.5) is 0 Å². The maximum atomic E-state index is 11.8. The smallest absolute Gasteiger partial charge is 0.266 e. The molecule has 142 valence electrons. The van der Waals surface area contributed by atoms with Gasteiger partial charge >= 0.3 is 0 Å². The van der Waals surface area contributed by atoms with Gasteiger partial charge in [0.2, 0.25) is 0 Å². The van der Waals surface area contributed by atoms with Crippen molar-refractivity contribution in [3.63, 3.8) is 0 Å². The van der Waals surface area contributed by atoms with Crippen LogP contribution in [-0.2, 0) is 0 Å². The van der Waals surface area contributed by atoms with Gasteiger partial charge in [-0.3, -0.25) is 9.89 Å². The van der Waals surface area contributed by atoms with Gasteiger partial charge in [-0.05, 0) is 36.4 Å². The highest BCUT2D eigenvalue weighted by molar-refractivity contribution is 7.99. The second kappa shape index (κ2) is 8.18. The second-order valence-electron chi connectivity index (χ2n) is 5.88.